The van der Waals surface area contributed by atoms with Crippen LogP contribution in [0.25, 0.3) is 0 Å². The zero-order valence-corrected chi connectivity index (χ0v) is 17.5. The smallest absolute Gasteiger partial charge is 0.260 e. The van der Waals surface area contributed by atoms with E-state index in [9.17, 15) is 13.6 Å². The Labute approximate surface area is 180 Å². The van der Waals surface area contributed by atoms with Crippen molar-refractivity contribution in [3.8, 4) is 5.75 Å². The van der Waals surface area contributed by atoms with E-state index in [1.165, 1.54) is 11.0 Å². The zero-order valence-electron chi connectivity index (χ0n) is 17.5. The Bertz CT molecular complexity index is 948. The summed E-state index contributed by atoms with van der Waals surface area (Å²) in [5, 5.41) is 7.20. The monoisotopic (exact) mass is 431 g/mol. The van der Waals surface area contributed by atoms with Crippen LogP contribution in [-0.4, -0.2) is 58.2 Å². The van der Waals surface area contributed by atoms with Gasteiger partial charge in [-0.3, -0.25) is 4.79 Å². The maximum atomic E-state index is 13.6. The Morgan fingerprint density at radius 1 is 1.45 bits per heavy atom. The van der Waals surface area contributed by atoms with Gasteiger partial charge in [-0.05, 0) is 55.4 Å². The Hall–Kier alpha value is -2.97. The molecule has 0 radical (unpaired) electrons. The van der Waals surface area contributed by atoms with Gasteiger partial charge in [0.25, 0.3) is 12.3 Å². The van der Waals surface area contributed by atoms with Gasteiger partial charge in [0.05, 0.1) is 7.11 Å². The number of methoxy groups -OCH3 is 1. The summed E-state index contributed by atoms with van der Waals surface area (Å²) < 4.78 is 33.9. The fourth-order valence-electron chi connectivity index (χ4n) is 4.63. The van der Waals surface area contributed by atoms with E-state index < -0.39 is 12.5 Å². The molecule has 1 aromatic carbocycles. The molecule has 2 aromatic rings. The summed E-state index contributed by atoms with van der Waals surface area (Å²) in [5.74, 6) is 1.10. The van der Waals surface area contributed by atoms with Crippen molar-refractivity contribution in [3.05, 3.63) is 48.3 Å². The van der Waals surface area contributed by atoms with Gasteiger partial charge >= 0.3 is 0 Å². The van der Waals surface area contributed by atoms with E-state index in [2.05, 4.69) is 22.0 Å². The Balaban J connectivity index is 1.49. The molecule has 7 nitrogen and oxygen atoms in total. The first-order valence-electron chi connectivity index (χ1n) is 10.5. The van der Waals surface area contributed by atoms with Crippen LogP contribution in [0.15, 0.2) is 37.2 Å². The van der Waals surface area contributed by atoms with Gasteiger partial charge < -0.3 is 15.0 Å². The second-order valence-corrected chi connectivity index (χ2v) is 8.09. The van der Waals surface area contributed by atoms with Crippen molar-refractivity contribution in [2.24, 2.45) is 5.92 Å². The molecule has 0 saturated carbocycles. The van der Waals surface area contributed by atoms with Crippen LogP contribution in [0, 0.1) is 5.92 Å². The molecule has 3 atom stereocenters. The number of carbonyl (C=O) groups is 1. The summed E-state index contributed by atoms with van der Waals surface area (Å²) in [6.07, 6.45) is 3.11. The molecule has 31 heavy (non-hydrogen) atoms. The number of piperidine rings is 1. The largest absolute Gasteiger partial charge is 0.496 e. The summed E-state index contributed by atoms with van der Waals surface area (Å²) in [4.78, 5) is 19.1. The lowest BCUT2D eigenvalue weighted by Gasteiger charge is -2.40. The van der Waals surface area contributed by atoms with E-state index >= 15 is 0 Å². The molecule has 166 valence electrons. The topological polar surface area (TPSA) is 72.3 Å². The highest BCUT2D eigenvalue weighted by Crippen LogP contribution is 2.35. The SMILES string of the molecule is C=CCc1cc(C(=O)N2CCCC([C@@H]3C[C@H](C(F)F)n4ncnc4N3)C2)ccc1OC. The number of fused-ring (bicyclic) bond motifs is 1. The summed E-state index contributed by atoms with van der Waals surface area (Å²) in [7, 11) is 1.60. The predicted molar refractivity (Wildman–Crippen MR) is 113 cm³/mol. The Kier molecular flexibility index (Phi) is 6.20. The fourth-order valence-corrected chi connectivity index (χ4v) is 4.63. The van der Waals surface area contributed by atoms with E-state index in [0.717, 1.165) is 24.2 Å². The maximum Gasteiger partial charge on any atom is 0.260 e. The van der Waals surface area contributed by atoms with E-state index in [0.29, 0.717) is 31.0 Å². The minimum Gasteiger partial charge on any atom is -0.496 e. The first-order chi connectivity index (χ1) is 15.0. The highest BCUT2D eigenvalue weighted by atomic mass is 19.3. The van der Waals surface area contributed by atoms with Crippen LogP contribution in [0.2, 0.25) is 0 Å². The first-order valence-corrected chi connectivity index (χ1v) is 10.5. The summed E-state index contributed by atoms with van der Waals surface area (Å²) in [6.45, 7) is 4.93. The molecule has 0 aliphatic carbocycles. The van der Waals surface area contributed by atoms with Gasteiger partial charge in [-0.25, -0.2) is 13.5 Å². The van der Waals surface area contributed by atoms with Gasteiger partial charge in [0.1, 0.15) is 18.1 Å². The van der Waals surface area contributed by atoms with Gasteiger partial charge in [0.15, 0.2) is 0 Å². The van der Waals surface area contributed by atoms with Crippen LogP contribution in [0.3, 0.4) is 0 Å². The number of anilines is 1. The van der Waals surface area contributed by atoms with Crippen molar-refractivity contribution in [2.45, 2.75) is 44.2 Å². The van der Waals surface area contributed by atoms with Crippen molar-refractivity contribution in [1.29, 1.82) is 0 Å². The number of hydrogen-bond acceptors (Lipinski definition) is 5. The van der Waals surface area contributed by atoms with Crippen molar-refractivity contribution >= 4 is 11.9 Å². The average molecular weight is 431 g/mol. The lowest BCUT2D eigenvalue weighted by atomic mass is 9.86. The van der Waals surface area contributed by atoms with Crippen LogP contribution in [-0.2, 0) is 6.42 Å². The average Bonchev–Trinajstić information content (AvgIpc) is 3.27. The van der Waals surface area contributed by atoms with Crippen molar-refractivity contribution in [2.75, 3.05) is 25.5 Å². The van der Waals surface area contributed by atoms with Gasteiger partial charge in [-0.1, -0.05) is 6.08 Å². The molecular formula is C22H27F2N5O2. The summed E-state index contributed by atoms with van der Waals surface area (Å²) >= 11 is 0. The number of likely N-dealkylation sites (tertiary alicyclic amines) is 1. The highest BCUT2D eigenvalue weighted by Gasteiger charge is 2.39. The van der Waals surface area contributed by atoms with Gasteiger partial charge in [-0.15, -0.1) is 6.58 Å². The van der Waals surface area contributed by atoms with E-state index in [1.54, 1.807) is 25.3 Å². The normalized spacial score (nSPS) is 23.2. The van der Waals surface area contributed by atoms with E-state index in [-0.39, 0.29) is 24.3 Å². The molecule has 4 rings (SSSR count). The molecule has 1 fully saturated rings. The molecule has 1 N–H and O–H groups in total. The number of halogens is 2. The van der Waals surface area contributed by atoms with Gasteiger partial charge in [-0.2, -0.15) is 10.1 Å². The predicted octanol–water partition coefficient (Wildman–Crippen LogP) is 3.56. The lowest BCUT2D eigenvalue weighted by molar-refractivity contribution is 0.0504. The maximum absolute atomic E-state index is 13.6. The third kappa shape index (κ3) is 4.26. The fraction of sp³-hybridized carbons (Fsp3) is 0.500. The van der Waals surface area contributed by atoms with Crippen molar-refractivity contribution < 1.29 is 18.3 Å². The Morgan fingerprint density at radius 2 is 2.29 bits per heavy atom. The minimum absolute atomic E-state index is 0.0537. The molecule has 1 saturated heterocycles. The number of alkyl halides is 2. The quantitative estimate of drug-likeness (QED) is 0.708. The second kappa shape index (κ2) is 9.03. The molecule has 0 bridgehead atoms. The summed E-state index contributed by atoms with van der Waals surface area (Å²) in [6, 6.07) is 4.24. The standard InChI is InChI=1S/C22H27F2N5O2/c1-3-5-14-10-15(7-8-19(14)31-2)21(30)28-9-4-6-16(12-28)17-11-18(20(23)24)29-22(27-17)25-13-26-29/h3,7-8,10,13,16-18,20H,1,4-6,9,11-12H2,2H3,(H,25,26,27)/t16?,17-,18+/m0/s1. The van der Waals surface area contributed by atoms with E-state index in [1.807, 2.05) is 11.0 Å². The third-order valence-electron chi connectivity index (χ3n) is 6.19. The van der Waals surface area contributed by atoms with Gasteiger partial charge in [0, 0.05) is 24.7 Å². The number of allylic oxidation sites excluding steroid dienone is 1. The number of aromatic nitrogens is 3. The number of benzene rings is 1. The minimum atomic E-state index is -2.52. The molecule has 1 amide bonds. The molecule has 1 unspecified atom stereocenters. The van der Waals surface area contributed by atoms with Crippen molar-refractivity contribution in [3.63, 3.8) is 0 Å². The molecule has 2 aliphatic rings. The Morgan fingerprint density at radius 3 is 3.03 bits per heavy atom. The summed E-state index contributed by atoms with van der Waals surface area (Å²) in [5.41, 5.74) is 1.50. The van der Waals surface area contributed by atoms with Crippen LogP contribution >= 0.6 is 0 Å². The van der Waals surface area contributed by atoms with Crippen LogP contribution in [0.5, 0.6) is 5.75 Å². The van der Waals surface area contributed by atoms with Crippen molar-refractivity contribution in [1.82, 2.24) is 19.7 Å². The number of nitrogens with zero attached hydrogens (tertiary/aromatic N) is 4. The van der Waals surface area contributed by atoms with Gasteiger partial charge in [0.2, 0.25) is 5.95 Å². The highest BCUT2D eigenvalue weighted by molar-refractivity contribution is 5.94. The zero-order chi connectivity index (χ0) is 22.0. The molecule has 2 aliphatic heterocycles. The van der Waals surface area contributed by atoms with Crippen LogP contribution in [0.1, 0.15) is 41.2 Å². The number of rotatable bonds is 6. The molecule has 9 heteroatoms. The third-order valence-corrected chi connectivity index (χ3v) is 6.19. The second-order valence-electron chi connectivity index (χ2n) is 8.09. The number of carbonyl (C=O) groups excluding carboxylic acids is 1. The lowest BCUT2D eigenvalue weighted by Crippen LogP contribution is -2.48. The molecule has 3 heterocycles. The van der Waals surface area contributed by atoms with Crippen LogP contribution in [0.4, 0.5) is 14.7 Å². The van der Waals surface area contributed by atoms with E-state index in [4.69, 9.17) is 4.74 Å². The molecule has 1 aromatic heterocycles. The number of nitrogens with one attached hydrogen (secondary N) is 1. The number of amides is 1. The first kappa shape index (κ1) is 21.3. The number of ether oxygens (including phenoxy) is 1. The van der Waals surface area contributed by atoms with Crippen LogP contribution < -0.4 is 10.1 Å². The molecular weight excluding hydrogens is 404 g/mol. The molecule has 0 spiro atoms. The number of hydrogen-bond donors (Lipinski definition) is 1.